The summed E-state index contributed by atoms with van der Waals surface area (Å²) in [6.07, 6.45) is 5.24. The van der Waals surface area contributed by atoms with Gasteiger partial charge in [-0.3, -0.25) is 0 Å². The minimum absolute atomic E-state index is 0.112. The molecule has 13 rings (SSSR count). The predicted octanol–water partition coefficient (Wildman–Crippen LogP) is 18.1. The molecule has 0 radical (unpaired) electrons. The maximum Gasteiger partial charge on any atom is 0.101 e. The molecule has 80 heavy (non-hydrogen) atoms. The lowest BCUT2D eigenvalue weighted by Crippen LogP contribution is -2.11. The number of nitrogens with zero attached hydrogens (tertiary/aromatic N) is 6. The lowest BCUT2D eigenvalue weighted by atomic mass is 9.80. The van der Waals surface area contributed by atoms with Crippen LogP contribution in [0.15, 0.2) is 206 Å². The van der Waals surface area contributed by atoms with E-state index in [2.05, 4.69) is 195 Å². The van der Waals surface area contributed by atoms with E-state index in [0.717, 1.165) is 116 Å². The Kier molecular flexibility index (Phi) is 12.0. The van der Waals surface area contributed by atoms with Gasteiger partial charge in [0.15, 0.2) is 0 Å². The van der Waals surface area contributed by atoms with Crippen molar-refractivity contribution in [2.45, 2.75) is 40.0 Å². The van der Waals surface area contributed by atoms with Gasteiger partial charge in [-0.2, -0.15) is 21.0 Å². The van der Waals surface area contributed by atoms with Crippen LogP contribution in [0.3, 0.4) is 0 Å². The van der Waals surface area contributed by atoms with Gasteiger partial charge in [-0.25, -0.2) is 0 Å². The smallest absolute Gasteiger partial charge is 0.101 e. The fourth-order valence-corrected chi connectivity index (χ4v) is 12.6. The Balaban J connectivity index is 1.03. The van der Waals surface area contributed by atoms with Crippen LogP contribution in [-0.2, 0) is 6.42 Å². The zero-order valence-corrected chi connectivity index (χ0v) is 44.7. The van der Waals surface area contributed by atoms with E-state index in [4.69, 9.17) is 0 Å². The van der Waals surface area contributed by atoms with E-state index in [1.807, 2.05) is 66.7 Å². The second kappa shape index (κ2) is 19.7. The van der Waals surface area contributed by atoms with Gasteiger partial charge in [-0.05, 0) is 149 Å². The summed E-state index contributed by atoms with van der Waals surface area (Å²) in [6, 6.07) is 78.8. The van der Waals surface area contributed by atoms with Crippen molar-refractivity contribution in [1.29, 1.82) is 21.0 Å². The Morgan fingerprint density at radius 1 is 0.375 bits per heavy atom. The van der Waals surface area contributed by atoms with E-state index in [1.165, 1.54) is 5.56 Å². The SMILES string of the molecule is Cc1c(C)c(-c2cc(-n3c4cc(-c5ccccc5)ccc4c4ccc(-c5ccccc5)cc43)c(C#N)cc2C#N)c(C)c(C)c1-c1cc(-n2c3c(c4ccc(-c5ccccc5)cc42)C=CC(c2ccccc2)C3)c(C#N)cc1C#N. The number of benzene rings is 10. The first-order valence-corrected chi connectivity index (χ1v) is 26.9. The van der Waals surface area contributed by atoms with Gasteiger partial charge in [0, 0.05) is 44.5 Å². The molecule has 0 fully saturated rings. The molecule has 1 aliphatic rings. The van der Waals surface area contributed by atoms with E-state index in [9.17, 15) is 21.0 Å². The second-order valence-corrected chi connectivity index (χ2v) is 20.9. The van der Waals surface area contributed by atoms with Gasteiger partial charge in [0.2, 0.25) is 0 Å². The van der Waals surface area contributed by atoms with Crippen LogP contribution in [0.5, 0.6) is 0 Å². The van der Waals surface area contributed by atoms with E-state index in [1.54, 1.807) is 12.1 Å². The average molecular weight is 1020 g/mol. The molecule has 2 aromatic heterocycles. The van der Waals surface area contributed by atoms with Gasteiger partial charge in [-0.1, -0.05) is 170 Å². The van der Waals surface area contributed by atoms with E-state index >= 15 is 0 Å². The highest BCUT2D eigenvalue weighted by Gasteiger charge is 2.29. The fraction of sp³-hybridized carbons (Fsp3) is 0.0811. The van der Waals surface area contributed by atoms with Crippen molar-refractivity contribution >= 4 is 38.8 Å². The Bertz CT molecular complexity index is 4610. The molecule has 6 nitrogen and oxygen atoms in total. The number of rotatable bonds is 8. The van der Waals surface area contributed by atoms with Crippen LogP contribution in [-0.4, -0.2) is 9.13 Å². The molecule has 0 aliphatic heterocycles. The molecule has 2 heterocycles. The summed E-state index contributed by atoms with van der Waals surface area (Å²) in [5.74, 6) is 0.112. The van der Waals surface area contributed by atoms with Crippen molar-refractivity contribution < 1.29 is 0 Å². The molecular weight excluding hydrogens is 973 g/mol. The number of allylic oxidation sites excluding steroid dienone is 1. The molecule has 1 atom stereocenters. The number of hydrogen-bond acceptors (Lipinski definition) is 4. The van der Waals surface area contributed by atoms with Gasteiger partial charge >= 0.3 is 0 Å². The number of hydrogen-bond donors (Lipinski definition) is 0. The van der Waals surface area contributed by atoms with Crippen LogP contribution in [0.1, 0.15) is 67.2 Å². The highest BCUT2D eigenvalue weighted by Crippen LogP contribution is 2.47. The summed E-state index contributed by atoms with van der Waals surface area (Å²) in [5, 5.41) is 47.5. The monoisotopic (exact) mass is 1020 g/mol. The normalized spacial score (nSPS) is 12.7. The Morgan fingerprint density at radius 2 is 0.750 bits per heavy atom. The van der Waals surface area contributed by atoms with Crippen molar-refractivity contribution in [2.24, 2.45) is 0 Å². The summed E-state index contributed by atoms with van der Waals surface area (Å²) in [5.41, 5.74) is 22.7. The maximum atomic E-state index is 11.1. The lowest BCUT2D eigenvalue weighted by molar-refractivity contribution is 0.782. The van der Waals surface area contributed by atoms with E-state index in [-0.39, 0.29) is 5.92 Å². The number of fused-ring (bicyclic) bond motifs is 6. The maximum absolute atomic E-state index is 11.1. The van der Waals surface area contributed by atoms with Gasteiger partial charge < -0.3 is 9.13 Å². The fourth-order valence-electron chi connectivity index (χ4n) is 12.6. The van der Waals surface area contributed by atoms with Crippen molar-refractivity contribution in [2.75, 3.05) is 0 Å². The topological polar surface area (TPSA) is 105 Å². The first kappa shape index (κ1) is 48.9. The minimum atomic E-state index is 0.112. The van der Waals surface area contributed by atoms with Gasteiger partial charge in [0.25, 0.3) is 0 Å². The highest BCUT2D eigenvalue weighted by atomic mass is 15.0. The Hall–Kier alpha value is -10.8. The molecule has 0 N–H and O–H groups in total. The van der Waals surface area contributed by atoms with Crippen LogP contribution >= 0.6 is 0 Å². The van der Waals surface area contributed by atoms with Crippen LogP contribution in [0.2, 0.25) is 0 Å². The molecular formula is C74H50N6. The molecule has 0 saturated carbocycles. The van der Waals surface area contributed by atoms with Crippen molar-refractivity contribution in [3.63, 3.8) is 0 Å². The zero-order valence-electron chi connectivity index (χ0n) is 44.7. The largest absolute Gasteiger partial charge is 0.312 e. The zero-order chi connectivity index (χ0) is 54.8. The van der Waals surface area contributed by atoms with Gasteiger partial charge in [0.05, 0.1) is 62.3 Å². The molecule has 12 aromatic rings. The quantitative estimate of drug-likeness (QED) is 0.151. The van der Waals surface area contributed by atoms with Crippen LogP contribution < -0.4 is 0 Å². The summed E-state index contributed by atoms with van der Waals surface area (Å²) >= 11 is 0. The summed E-state index contributed by atoms with van der Waals surface area (Å²) < 4.78 is 4.48. The first-order chi connectivity index (χ1) is 39.2. The minimum Gasteiger partial charge on any atom is -0.312 e. The van der Waals surface area contributed by atoms with Crippen molar-refractivity contribution in [1.82, 2.24) is 9.13 Å². The molecule has 0 bridgehead atoms. The average Bonchev–Trinajstić information content (AvgIpc) is 4.20. The first-order valence-electron chi connectivity index (χ1n) is 26.9. The predicted molar refractivity (Wildman–Crippen MR) is 325 cm³/mol. The summed E-state index contributed by atoms with van der Waals surface area (Å²) in [7, 11) is 0. The molecule has 0 saturated heterocycles. The summed E-state index contributed by atoms with van der Waals surface area (Å²) in [4.78, 5) is 0. The highest BCUT2D eigenvalue weighted by molar-refractivity contribution is 6.11. The van der Waals surface area contributed by atoms with Gasteiger partial charge in [-0.15, -0.1) is 0 Å². The third-order valence-electron chi connectivity index (χ3n) is 16.7. The Morgan fingerprint density at radius 3 is 1.16 bits per heavy atom. The second-order valence-electron chi connectivity index (χ2n) is 20.9. The summed E-state index contributed by atoms with van der Waals surface area (Å²) in [6.45, 7) is 8.36. The Labute approximate surface area is 465 Å². The standard InChI is InChI=1S/C74H50N6/c1-45-46(2)74(66-40-68(60(44-78)34-58(66)42-76)80-71-37-55(51-21-13-7-14-22-51)27-31-63(71)64-32-28-56(38-72(64)80)52-23-15-8-16-24-52)48(4)47(3)73(45)65-39-67(59(43-77)33-57(65)41-75)79-69-35-53(49-17-9-5-10-18-49)25-29-61(69)62-30-26-54(36-70(62)79)50-19-11-6-12-20-50/h5-37,39-40,56H,38H2,1-4H3. The molecule has 376 valence electrons. The molecule has 6 heteroatoms. The number of nitriles is 4. The van der Waals surface area contributed by atoms with Gasteiger partial charge in [0.1, 0.15) is 12.1 Å². The molecule has 1 unspecified atom stereocenters. The van der Waals surface area contributed by atoms with Crippen molar-refractivity contribution in [3.05, 3.63) is 268 Å². The van der Waals surface area contributed by atoms with Crippen LogP contribution in [0.25, 0.3) is 106 Å². The number of aromatic nitrogens is 2. The lowest BCUT2D eigenvalue weighted by Gasteiger charge is -2.25. The third-order valence-corrected chi connectivity index (χ3v) is 16.7. The molecule has 10 aromatic carbocycles. The molecule has 0 amide bonds. The third kappa shape index (κ3) is 7.90. The van der Waals surface area contributed by atoms with E-state index in [0.29, 0.717) is 45.6 Å². The van der Waals surface area contributed by atoms with Crippen LogP contribution in [0, 0.1) is 73.0 Å². The molecule has 1 aliphatic carbocycles. The van der Waals surface area contributed by atoms with Crippen molar-refractivity contribution in [3.8, 4) is 91.3 Å². The van der Waals surface area contributed by atoms with Crippen LogP contribution in [0.4, 0.5) is 0 Å². The molecule has 0 spiro atoms. The van der Waals surface area contributed by atoms with E-state index < -0.39 is 0 Å².